The number of rotatable bonds is 3. The summed E-state index contributed by atoms with van der Waals surface area (Å²) in [5, 5.41) is 9.45. The molecule has 2 aromatic rings. The fourth-order valence-electron chi connectivity index (χ4n) is 1.19. The Kier molecular flexibility index (Phi) is 3.79. The van der Waals surface area contributed by atoms with Crippen molar-refractivity contribution in [1.82, 2.24) is 4.98 Å². The minimum absolute atomic E-state index is 0.0711. The molecule has 0 saturated heterocycles. The van der Waals surface area contributed by atoms with E-state index in [0.29, 0.717) is 5.02 Å². The van der Waals surface area contributed by atoms with E-state index >= 15 is 0 Å². The SMILES string of the molecule is O=C(O)c1ccc([Se]c2ccc(Cl)cc2)nc1. The van der Waals surface area contributed by atoms with Gasteiger partial charge in [-0.1, -0.05) is 0 Å². The third-order valence-electron chi connectivity index (χ3n) is 2.02. The van der Waals surface area contributed by atoms with Crippen LogP contribution in [0.1, 0.15) is 10.4 Å². The van der Waals surface area contributed by atoms with Crippen LogP contribution in [-0.2, 0) is 0 Å². The fourth-order valence-corrected chi connectivity index (χ4v) is 2.90. The molecular weight excluding hydrogens is 305 g/mol. The zero-order valence-corrected chi connectivity index (χ0v) is 11.1. The summed E-state index contributed by atoms with van der Waals surface area (Å²) in [6, 6.07) is 10.9. The van der Waals surface area contributed by atoms with Gasteiger partial charge < -0.3 is 0 Å². The molecule has 5 heteroatoms. The van der Waals surface area contributed by atoms with Crippen LogP contribution in [-0.4, -0.2) is 31.0 Å². The van der Waals surface area contributed by atoms with Gasteiger partial charge in [-0.15, -0.1) is 0 Å². The number of hydrogen-bond acceptors (Lipinski definition) is 2. The van der Waals surface area contributed by atoms with Gasteiger partial charge in [-0.3, -0.25) is 0 Å². The van der Waals surface area contributed by atoms with Crippen molar-refractivity contribution >= 4 is 41.6 Å². The van der Waals surface area contributed by atoms with Crippen molar-refractivity contribution in [3.63, 3.8) is 0 Å². The van der Waals surface area contributed by atoms with E-state index in [0.717, 1.165) is 9.05 Å². The zero-order chi connectivity index (χ0) is 12.3. The summed E-state index contributed by atoms with van der Waals surface area (Å²) in [6.45, 7) is 0. The predicted molar refractivity (Wildman–Crippen MR) is 67.7 cm³/mol. The van der Waals surface area contributed by atoms with Gasteiger partial charge in [0.05, 0.1) is 0 Å². The number of hydrogen-bond donors (Lipinski definition) is 1. The molecule has 0 spiro atoms. The van der Waals surface area contributed by atoms with Gasteiger partial charge >= 0.3 is 110 Å². The molecule has 0 aliphatic rings. The number of aromatic carboxylic acids is 1. The third-order valence-corrected chi connectivity index (χ3v) is 4.28. The van der Waals surface area contributed by atoms with Crippen molar-refractivity contribution < 1.29 is 9.90 Å². The maximum atomic E-state index is 10.7. The van der Waals surface area contributed by atoms with E-state index in [1.165, 1.54) is 6.20 Å². The van der Waals surface area contributed by atoms with Gasteiger partial charge in [-0.2, -0.15) is 0 Å². The number of nitrogens with zero attached hydrogens (tertiary/aromatic N) is 1. The first-order valence-corrected chi connectivity index (χ1v) is 6.87. The van der Waals surface area contributed by atoms with E-state index in [1.54, 1.807) is 12.1 Å². The summed E-state index contributed by atoms with van der Waals surface area (Å²) in [5.41, 5.74) is 0.209. The molecule has 3 nitrogen and oxygen atoms in total. The van der Waals surface area contributed by atoms with Crippen LogP contribution in [0.4, 0.5) is 0 Å². The molecule has 0 bridgehead atoms. The van der Waals surface area contributed by atoms with Gasteiger partial charge in [0.25, 0.3) is 0 Å². The Hall–Kier alpha value is -1.35. The van der Waals surface area contributed by atoms with Crippen LogP contribution in [0.2, 0.25) is 5.02 Å². The Morgan fingerprint density at radius 2 is 1.88 bits per heavy atom. The summed E-state index contributed by atoms with van der Waals surface area (Å²) in [4.78, 5) is 14.8. The van der Waals surface area contributed by atoms with E-state index < -0.39 is 5.97 Å². The number of benzene rings is 1. The first kappa shape index (κ1) is 12.1. The first-order chi connectivity index (χ1) is 8.15. The summed E-state index contributed by atoms with van der Waals surface area (Å²) >= 11 is 5.87. The van der Waals surface area contributed by atoms with Crippen molar-refractivity contribution in [2.45, 2.75) is 0 Å². The molecule has 0 radical (unpaired) electrons. The number of pyridine rings is 1. The Morgan fingerprint density at radius 1 is 1.18 bits per heavy atom. The first-order valence-electron chi connectivity index (χ1n) is 4.78. The monoisotopic (exact) mass is 313 g/mol. The second kappa shape index (κ2) is 5.32. The number of aromatic nitrogens is 1. The van der Waals surface area contributed by atoms with E-state index in [4.69, 9.17) is 16.7 Å². The number of carboxylic acid groups (broad SMARTS) is 1. The van der Waals surface area contributed by atoms with Crippen LogP contribution in [0.15, 0.2) is 42.6 Å². The van der Waals surface area contributed by atoms with Gasteiger partial charge in [-0.25, -0.2) is 0 Å². The molecule has 0 aliphatic carbocycles. The third kappa shape index (κ3) is 3.30. The number of carbonyl (C=O) groups is 1. The van der Waals surface area contributed by atoms with Crippen LogP contribution in [0.3, 0.4) is 0 Å². The maximum absolute atomic E-state index is 10.7. The Bertz CT molecular complexity index is 525. The van der Waals surface area contributed by atoms with Crippen molar-refractivity contribution in [3.05, 3.63) is 53.2 Å². The second-order valence-electron chi connectivity index (χ2n) is 3.25. The normalized spacial score (nSPS) is 10.2. The zero-order valence-electron chi connectivity index (χ0n) is 8.63. The quantitative estimate of drug-likeness (QED) is 0.863. The minimum atomic E-state index is -0.956. The summed E-state index contributed by atoms with van der Waals surface area (Å²) in [5.74, 6) is -0.956. The number of halogens is 1. The molecule has 0 aliphatic heterocycles. The van der Waals surface area contributed by atoms with Crippen LogP contribution in [0.25, 0.3) is 0 Å². The van der Waals surface area contributed by atoms with Crippen molar-refractivity contribution in [3.8, 4) is 0 Å². The standard InChI is InChI=1S/C12H8ClNO2Se/c13-9-2-4-10(5-3-9)17-11-6-1-8(7-14-11)12(15)16/h1-7H,(H,15,16). The predicted octanol–water partition coefficient (Wildman–Crippen LogP) is 1.09. The number of carboxylic acids is 1. The van der Waals surface area contributed by atoms with E-state index in [2.05, 4.69) is 4.98 Å². The fraction of sp³-hybridized carbons (Fsp3) is 0. The average molecular weight is 313 g/mol. The van der Waals surface area contributed by atoms with Gasteiger partial charge in [0.2, 0.25) is 0 Å². The molecule has 1 aromatic carbocycles. The molecular formula is C12H8ClNO2Se. The van der Waals surface area contributed by atoms with Crippen molar-refractivity contribution in [2.75, 3.05) is 0 Å². The van der Waals surface area contributed by atoms with Crippen LogP contribution in [0.5, 0.6) is 0 Å². The van der Waals surface area contributed by atoms with Crippen molar-refractivity contribution in [2.24, 2.45) is 0 Å². The van der Waals surface area contributed by atoms with Crippen LogP contribution in [0, 0.1) is 0 Å². The average Bonchev–Trinajstić information content (AvgIpc) is 2.33. The summed E-state index contributed by atoms with van der Waals surface area (Å²) < 4.78 is 2.04. The van der Waals surface area contributed by atoms with Gasteiger partial charge in [0.1, 0.15) is 0 Å². The molecule has 0 saturated carbocycles. The Labute approximate surface area is 110 Å². The van der Waals surface area contributed by atoms with Gasteiger partial charge in [-0.05, 0) is 0 Å². The molecule has 1 N–H and O–H groups in total. The topological polar surface area (TPSA) is 50.2 Å². The molecule has 1 heterocycles. The summed E-state index contributed by atoms with van der Waals surface area (Å²) in [7, 11) is 0. The molecule has 0 amide bonds. The molecule has 17 heavy (non-hydrogen) atoms. The molecule has 86 valence electrons. The molecule has 0 atom stereocenters. The van der Waals surface area contributed by atoms with E-state index in [9.17, 15) is 4.79 Å². The second-order valence-corrected chi connectivity index (χ2v) is 5.98. The Balaban J connectivity index is 2.13. The molecule has 2 rings (SSSR count). The van der Waals surface area contributed by atoms with Crippen LogP contribution < -0.4 is 9.05 Å². The van der Waals surface area contributed by atoms with Gasteiger partial charge in [0.15, 0.2) is 0 Å². The van der Waals surface area contributed by atoms with E-state index in [1.807, 2.05) is 24.3 Å². The van der Waals surface area contributed by atoms with Crippen LogP contribution >= 0.6 is 11.6 Å². The molecule has 0 unspecified atom stereocenters. The van der Waals surface area contributed by atoms with Gasteiger partial charge in [0, 0.05) is 0 Å². The molecule has 0 fully saturated rings. The summed E-state index contributed by atoms with van der Waals surface area (Å²) in [6.07, 6.45) is 1.38. The van der Waals surface area contributed by atoms with Crippen molar-refractivity contribution in [1.29, 1.82) is 0 Å². The van der Waals surface area contributed by atoms with E-state index in [-0.39, 0.29) is 20.5 Å². The molecule has 1 aromatic heterocycles. The Morgan fingerprint density at radius 3 is 2.41 bits per heavy atom.